The molecule has 0 radical (unpaired) electrons. The van der Waals surface area contributed by atoms with Crippen molar-refractivity contribution in [3.63, 3.8) is 0 Å². The fraction of sp³-hybridized carbons (Fsp3) is 0.154. The number of methoxy groups -OCH3 is 1. The zero-order valence-corrected chi connectivity index (χ0v) is 19.1. The van der Waals surface area contributed by atoms with E-state index in [0.29, 0.717) is 5.56 Å². The van der Waals surface area contributed by atoms with E-state index in [0.717, 1.165) is 38.1 Å². The average Bonchev–Trinajstić information content (AvgIpc) is 3.11. The summed E-state index contributed by atoms with van der Waals surface area (Å²) in [7, 11) is 1.66. The fourth-order valence-corrected chi connectivity index (χ4v) is 4.73. The Labute approximate surface area is 192 Å². The minimum Gasteiger partial charge on any atom is -0.497 e. The number of rotatable bonds is 7. The minimum atomic E-state index is -0.195. The van der Waals surface area contributed by atoms with Crippen molar-refractivity contribution in [2.75, 3.05) is 17.7 Å². The van der Waals surface area contributed by atoms with E-state index in [1.54, 1.807) is 18.4 Å². The zero-order chi connectivity index (χ0) is 22.5. The lowest BCUT2D eigenvalue weighted by atomic mass is 9.96. The smallest absolute Gasteiger partial charge is 0.272 e. The average molecular weight is 445 g/mol. The summed E-state index contributed by atoms with van der Waals surface area (Å²) in [6.45, 7) is 4.18. The van der Waals surface area contributed by atoms with Crippen molar-refractivity contribution < 1.29 is 14.5 Å². The van der Waals surface area contributed by atoms with E-state index in [2.05, 4.69) is 35.5 Å². The summed E-state index contributed by atoms with van der Waals surface area (Å²) in [5.41, 5.74) is 3.86. The molecule has 4 rings (SSSR count). The van der Waals surface area contributed by atoms with Gasteiger partial charge in [0.2, 0.25) is 0 Å². The molecule has 1 atom stereocenters. The SMILES string of the molecule is COc1cccc([C@H](Nc2cccc[nH+]2)c2c(NC(=O)c3ccccc3)sc(C)c2C)c1. The molecule has 1 amide bonds. The number of aromatic amines is 1. The second-order valence-electron chi connectivity index (χ2n) is 7.48. The van der Waals surface area contributed by atoms with E-state index in [1.807, 2.05) is 72.9 Å². The van der Waals surface area contributed by atoms with E-state index in [-0.39, 0.29) is 11.9 Å². The highest BCUT2D eigenvalue weighted by Gasteiger charge is 2.28. The van der Waals surface area contributed by atoms with Gasteiger partial charge in [0.25, 0.3) is 11.7 Å². The standard InChI is InChI=1S/C26H25N3O2S/c1-17-18(2)32-26(29-25(30)19-10-5-4-6-11-19)23(17)24(28-22-14-7-8-15-27-22)20-12-9-13-21(16-20)31-3/h4-16,24H,1-3H3,(H,27,28)(H,29,30)/p+1/t24-/m0/s1. The molecule has 0 fully saturated rings. The van der Waals surface area contributed by atoms with Gasteiger partial charge in [0.1, 0.15) is 16.8 Å². The molecule has 3 N–H and O–H groups in total. The summed E-state index contributed by atoms with van der Waals surface area (Å²) in [6, 6.07) is 23.0. The van der Waals surface area contributed by atoms with Crippen molar-refractivity contribution in [2.45, 2.75) is 19.9 Å². The highest BCUT2D eigenvalue weighted by Crippen LogP contribution is 2.41. The maximum atomic E-state index is 13.0. The third-order valence-corrected chi connectivity index (χ3v) is 6.56. The predicted molar refractivity (Wildman–Crippen MR) is 130 cm³/mol. The number of pyridine rings is 1. The molecule has 0 aliphatic rings. The van der Waals surface area contributed by atoms with Crippen LogP contribution in [0.15, 0.2) is 79.0 Å². The number of hydrogen-bond donors (Lipinski definition) is 2. The van der Waals surface area contributed by atoms with Gasteiger partial charge in [-0.1, -0.05) is 36.4 Å². The number of nitrogens with one attached hydrogen (secondary N) is 3. The highest BCUT2D eigenvalue weighted by atomic mass is 32.1. The lowest BCUT2D eigenvalue weighted by Crippen LogP contribution is -2.21. The summed E-state index contributed by atoms with van der Waals surface area (Å²) in [5, 5.41) is 7.60. The number of hydrogen-bond acceptors (Lipinski definition) is 4. The van der Waals surface area contributed by atoms with Crippen LogP contribution in [0.1, 0.15) is 38.0 Å². The van der Waals surface area contributed by atoms with Gasteiger partial charge < -0.3 is 10.1 Å². The lowest BCUT2D eigenvalue weighted by Gasteiger charge is -2.18. The Morgan fingerprint density at radius 2 is 1.78 bits per heavy atom. The van der Waals surface area contributed by atoms with Crippen LogP contribution < -0.4 is 20.4 Å². The van der Waals surface area contributed by atoms with Crippen LogP contribution in [0.5, 0.6) is 5.75 Å². The summed E-state index contributed by atoms with van der Waals surface area (Å²) in [4.78, 5) is 17.4. The van der Waals surface area contributed by atoms with Gasteiger partial charge in [-0.2, -0.15) is 0 Å². The van der Waals surface area contributed by atoms with Crippen LogP contribution in [-0.4, -0.2) is 13.0 Å². The Bertz CT molecular complexity index is 1210. The number of anilines is 2. The maximum absolute atomic E-state index is 13.0. The second-order valence-corrected chi connectivity index (χ2v) is 8.70. The van der Waals surface area contributed by atoms with Crippen LogP contribution in [0.4, 0.5) is 10.8 Å². The summed E-state index contributed by atoms with van der Waals surface area (Å²) in [5.74, 6) is 1.54. The Hall–Kier alpha value is -3.64. The van der Waals surface area contributed by atoms with Crippen LogP contribution in [0, 0.1) is 13.8 Å². The van der Waals surface area contributed by atoms with Gasteiger partial charge in [-0.15, -0.1) is 11.3 Å². The summed E-state index contributed by atoms with van der Waals surface area (Å²) < 4.78 is 5.48. The van der Waals surface area contributed by atoms with Gasteiger partial charge in [-0.05, 0) is 49.7 Å². The first kappa shape index (κ1) is 21.6. The number of aryl methyl sites for hydroxylation is 1. The molecule has 2 heterocycles. The van der Waals surface area contributed by atoms with Gasteiger partial charge in [-0.25, -0.2) is 4.98 Å². The van der Waals surface area contributed by atoms with Crippen LogP contribution in [0.2, 0.25) is 0 Å². The van der Waals surface area contributed by atoms with Crippen LogP contribution in [0.25, 0.3) is 0 Å². The highest BCUT2D eigenvalue weighted by molar-refractivity contribution is 7.16. The number of benzene rings is 2. The van der Waals surface area contributed by atoms with Crippen molar-refractivity contribution in [3.05, 3.63) is 106 Å². The van der Waals surface area contributed by atoms with Gasteiger partial charge >= 0.3 is 0 Å². The molecule has 4 aromatic rings. The summed E-state index contributed by atoms with van der Waals surface area (Å²) >= 11 is 1.59. The summed E-state index contributed by atoms with van der Waals surface area (Å²) in [6.07, 6.45) is 1.88. The second kappa shape index (κ2) is 9.66. The molecule has 2 aromatic carbocycles. The largest absolute Gasteiger partial charge is 0.497 e. The Morgan fingerprint density at radius 1 is 1.00 bits per heavy atom. The molecule has 0 spiro atoms. The third-order valence-electron chi connectivity index (χ3n) is 5.42. The van der Waals surface area contributed by atoms with Gasteiger partial charge in [-0.3, -0.25) is 10.1 Å². The topological polar surface area (TPSA) is 64.5 Å². The van der Waals surface area contributed by atoms with Crippen LogP contribution >= 0.6 is 11.3 Å². The molecule has 32 heavy (non-hydrogen) atoms. The number of carbonyl (C=O) groups is 1. The fourth-order valence-electron chi connectivity index (χ4n) is 3.63. The molecular weight excluding hydrogens is 418 g/mol. The number of H-pyrrole nitrogens is 1. The molecule has 0 saturated carbocycles. The van der Waals surface area contributed by atoms with E-state index < -0.39 is 0 Å². The van der Waals surface area contributed by atoms with Crippen molar-refractivity contribution in [3.8, 4) is 5.75 Å². The quantitative estimate of drug-likeness (QED) is 0.388. The molecule has 6 heteroatoms. The first-order valence-electron chi connectivity index (χ1n) is 10.4. The first-order chi connectivity index (χ1) is 15.6. The number of amides is 1. The van der Waals surface area contributed by atoms with E-state index in [9.17, 15) is 4.79 Å². The Kier molecular flexibility index (Phi) is 6.52. The number of thiophene rings is 1. The number of carbonyl (C=O) groups excluding carboxylic acids is 1. The normalized spacial score (nSPS) is 11.6. The molecule has 0 bridgehead atoms. The third kappa shape index (κ3) is 4.65. The maximum Gasteiger partial charge on any atom is 0.272 e. The Morgan fingerprint density at radius 3 is 2.50 bits per heavy atom. The monoisotopic (exact) mass is 444 g/mol. The first-order valence-corrected chi connectivity index (χ1v) is 11.2. The van der Waals surface area contributed by atoms with Gasteiger partial charge in [0, 0.05) is 27.6 Å². The molecule has 5 nitrogen and oxygen atoms in total. The number of ether oxygens (including phenoxy) is 1. The molecular formula is C26H26N3O2S+. The van der Waals surface area contributed by atoms with Crippen molar-refractivity contribution in [1.82, 2.24) is 0 Å². The Balaban J connectivity index is 1.79. The predicted octanol–water partition coefficient (Wildman–Crippen LogP) is 5.64. The van der Waals surface area contributed by atoms with E-state index >= 15 is 0 Å². The van der Waals surface area contributed by atoms with Gasteiger partial charge in [0.15, 0.2) is 0 Å². The van der Waals surface area contributed by atoms with Gasteiger partial charge in [0.05, 0.1) is 13.3 Å². The molecule has 2 aromatic heterocycles. The molecule has 0 aliphatic carbocycles. The van der Waals surface area contributed by atoms with E-state index in [4.69, 9.17) is 4.74 Å². The van der Waals surface area contributed by atoms with Crippen LogP contribution in [0.3, 0.4) is 0 Å². The molecule has 0 unspecified atom stereocenters. The zero-order valence-electron chi connectivity index (χ0n) is 18.3. The molecule has 0 aliphatic heterocycles. The van der Waals surface area contributed by atoms with Crippen molar-refractivity contribution in [1.29, 1.82) is 0 Å². The van der Waals surface area contributed by atoms with Crippen molar-refractivity contribution in [2.24, 2.45) is 0 Å². The van der Waals surface area contributed by atoms with Crippen LogP contribution in [-0.2, 0) is 0 Å². The van der Waals surface area contributed by atoms with E-state index in [1.165, 1.54) is 0 Å². The van der Waals surface area contributed by atoms with Crippen molar-refractivity contribution >= 4 is 28.1 Å². The molecule has 0 saturated heterocycles. The molecule has 162 valence electrons. The minimum absolute atomic E-state index is 0.122. The lowest BCUT2D eigenvalue weighted by molar-refractivity contribution is -0.361. The number of aromatic nitrogens is 1.